The van der Waals surface area contributed by atoms with E-state index in [-0.39, 0.29) is 13.0 Å². The van der Waals surface area contributed by atoms with Gasteiger partial charge in [-0.15, -0.1) is 0 Å². The molecule has 1 N–H and O–H groups in total. The SMILES string of the molecule is CCOC(=O)[C@@H]1CCCC[C@H]1NS(=O)(=O)C(F)(F)F. The Bertz CT molecular complexity index is 421. The highest BCUT2D eigenvalue weighted by atomic mass is 32.2. The van der Waals surface area contributed by atoms with Crippen molar-refractivity contribution in [3.8, 4) is 0 Å². The quantitative estimate of drug-likeness (QED) is 0.800. The molecular formula is C10H16F3NO4S. The van der Waals surface area contributed by atoms with Gasteiger partial charge in [-0.25, -0.2) is 13.1 Å². The highest BCUT2D eigenvalue weighted by molar-refractivity contribution is 7.90. The number of hydrogen-bond acceptors (Lipinski definition) is 4. The zero-order chi connectivity index (χ0) is 14.7. The molecule has 0 aromatic rings. The minimum atomic E-state index is -5.44. The normalized spacial score (nSPS) is 25.1. The molecule has 0 saturated heterocycles. The number of rotatable bonds is 4. The summed E-state index contributed by atoms with van der Waals surface area (Å²) in [6.07, 6.45) is 1.75. The van der Waals surface area contributed by atoms with E-state index in [1.165, 1.54) is 0 Å². The standard InChI is InChI=1S/C10H16F3NO4S/c1-2-18-9(15)7-5-3-4-6-8(7)14-19(16,17)10(11,12)13/h7-8,14H,2-6H2,1H3/t7-,8-/m1/s1. The van der Waals surface area contributed by atoms with Gasteiger partial charge in [-0.05, 0) is 19.8 Å². The van der Waals surface area contributed by atoms with Crippen molar-refractivity contribution in [2.45, 2.75) is 44.2 Å². The third-order valence-corrected chi connectivity index (χ3v) is 4.19. The van der Waals surface area contributed by atoms with Crippen LogP contribution in [0.3, 0.4) is 0 Å². The van der Waals surface area contributed by atoms with Gasteiger partial charge < -0.3 is 4.74 Å². The van der Waals surface area contributed by atoms with Gasteiger partial charge in [0.25, 0.3) is 0 Å². The highest BCUT2D eigenvalue weighted by Crippen LogP contribution is 2.29. The molecule has 112 valence electrons. The molecule has 0 bridgehead atoms. The molecule has 0 aromatic carbocycles. The first-order valence-corrected chi connectivity index (χ1v) is 7.42. The van der Waals surface area contributed by atoms with Gasteiger partial charge in [-0.1, -0.05) is 12.8 Å². The Balaban J connectivity index is 2.82. The van der Waals surface area contributed by atoms with Gasteiger partial charge in [0.15, 0.2) is 0 Å². The molecule has 0 unspecified atom stereocenters. The molecule has 19 heavy (non-hydrogen) atoms. The molecule has 0 radical (unpaired) electrons. The maximum atomic E-state index is 12.3. The van der Waals surface area contributed by atoms with Crippen molar-refractivity contribution in [2.75, 3.05) is 6.61 Å². The van der Waals surface area contributed by atoms with Crippen LogP contribution in [0.2, 0.25) is 0 Å². The Morgan fingerprint density at radius 2 is 1.89 bits per heavy atom. The van der Waals surface area contributed by atoms with Crippen molar-refractivity contribution in [2.24, 2.45) is 5.92 Å². The first-order valence-electron chi connectivity index (χ1n) is 5.94. The molecule has 1 fully saturated rings. The number of carbonyl (C=O) groups excluding carboxylic acids is 1. The van der Waals surface area contributed by atoms with E-state index >= 15 is 0 Å². The fourth-order valence-corrected chi connectivity index (χ4v) is 2.88. The molecule has 1 aliphatic rings. The predicted octanol–water partition coefficient (Wildman–Crippen LogP) is 1.55. The van der Waals surface area contributed by atoms with Crippen molar-refractivity contribution in [1.82, 2.24) is 4.72 Å². The fraction of sp³-hybridized carbons (Fsp3) is 0.900. The topological polar surface area (TPSA) is 72.5 Å². The summed E-state index contributed by atoms with van der Waals surface area (Å²) < 4.78 is 65.3. The number of halogens is 3. The zero-order valence-electron chi connectivity index (χ0n) is 10.4. The van der Waals surface area contributed by atoms with Gasteiger partial charge >= 0.3 is 21.5 Å². The van der Waals surface area contributed by atoms with Crippen molar-refractivity contribution in [3.05, 3.63) is 0 Å². The summed E-state index contributed by atoms with van der Waals surface area (Å²) in [4.78, 5) is 11.6. The van der Waals surface area contributed by atoms with Gasteiger partial charge in [0.1, 0.15) is 0 Å². The van der Waals surface area contributed by atoms with Gasteiger partial charge in [0, 0.05) is 6.04 Å². The molecule has 0 amide bonds. The predicted molar refractivity (Wildman–Crippen MR) is 60.5 cm³/mol. The second-order valence-electron chi connectivity index (χ2n) is 4.32. The van der Waals surface area contributed by atoms with Crippen LogP contribution in [-0.4, -0.2) is 32.5 Å². The Labute approximate surface area is 109 Å². The second kappa shape index (κ2) is 6.08. The second-order valence-corrected chi connectivity index (χ2v) is 6.02. The Kier molecular flexibility index (Phi) is 5.19. The van der Waals surface area contributed by atoms with Crippen molar-refractivity contribution < 1.29 is 31.1 Å². The Morgan fingerprint density at radius 3 is 2.42 bits per heavy atom. The van der Waals surface area contributed by atoms with E-state index in [2.05, 4.69) is 0 Å². The summed E-state index contributed by atoms with van der Waals surface area (Å²) in [6.45, 7) is 1.68. The minimum Gasteiger partial charge on any atom is -0.466 e. The van der Waals surface area contributed by atoms with E-state index in [4.69, 9.17) is 4.74 Å². The molecule has 1 saturated carbocycles. The van der Waals surface area contributed by atoms with Crippen LogP contribution >= 0.6 is 0 Å². The minimum absolute atomic E-state index is 0.105. The van der Waals surface area contributed by atoms with Crippen LogP contribution in [0.4, 0.5) is 13.2 Å². The van der Waals surface area contributed by atoms with Crippen molar-refractivity contribution in [1.29, 1.82) is 0 Å². The lowest BCUT2D eigenvalue weighted by Crippen LogP contribution is -2.49. The van der Waals surface area contributed by atoms with Gasteiger partial charge in [-0.2, -0.15) is 13.2 Å². The van der Waals surface area contributed by atoms with Crippen LogP contribution in [0, 0.1) is 5.92 Å². The number of ether oxygens (including phenoxy) is 1. The van der Waals surface area contributed by atoms with Crippen LogP contribution in [0.15, 0.2) is 0 Å². The molecule has 1 aliphatic carbocycles. The summed E-state index contributed by atoms with van der Waals surface area (Å²) in [5.41, 5.74) is -5.37. The monoisotopic (exact) mass is 303 g/mol. The molecule has 1 rings (SSSR count). The lowest BCUT2D eigenvalue weighted by atomic mass is 9.85. The number of nitrogens with one attached hydrogen (secondary N) is 1. The number of esters is 1. The largest absolute Gasteiger partial charge is 0.511 e. The van der Waals surface area contributed by atoms with E-state index in [0.717, 1.165) is 0 Å². The molecular weight excluding hydrogens is 287 g/mol. The zero-order valence-corrected chi connectivity index (χ0v) is 11.2. The summed E-state index contributed by atoms with van der Waals surface area (Å²) in [5, 5.41) is 0. The first kappa shape index (κ1) is 16.2. The highest BCUT2D eigenvalue weighted by Gasteiger charge is 2.48. The Morgan fingerprint density at radius 1 is 1.32 bits per heavy atom. The molecule has 0 aliphatic heterocycles. The molecule has 2 atom stereocenters. The molecule has 0 spiro atoms. The summed E-state index contributed by atoms with van der Waals surface area (Å²) in [6, 6.07) is -1.06. The molecule has 9 heteroatoms. The first-order chi connectivity index (χ1) is 8.69. The lowest BCUT2D eigenvalue weighted by Gasteiger charge is -2.30. The average molecular weight is 303 g/mol. The van der Waals surface area contributed by atoms with Crippen molar-refractivity contribution >= 4 is 16.0 Å². The maximum absolute atomic E-state index is 12.3. The number of alkyl halides is 3. The van der Waals surface area contributed by atoms with E-state index in [0.29, 0.717) is 19.3 Å². The number of sulfonamides is 1. The fourth-order valence-electron chi connectivity index (χ4n) is 2.07. The van der Waals surface area contributed by atoms with Crippen LogP contribution in [0.25, 0.3) is 0 Å². The van der Waals surface area contributed by atoms with Gasteiger partial charge in [0.2, 0.25) is 0 Å². The van der Waals surface area contributed by atoms with Gasteiger partial charge in [0.05, 0.1) is 12.5 Å². The third-order valence-electron chi connectivity index (χ3n) is 2.97. The third kappa shape index (κ3) is 4.07. The van der Waals surface area contributed by atoms with E-state index in [1.54, 1.807) is 11.6 Å². The average Bonchev–Trinajstić information content (AvgIpc) is 2.28. The lowest BCUT2D eigenvalue weighted by molar-refractivity contribution is -0.149. The maximum Gasteiger partial charge on any atom is 0.511 e. The van der Waals surface area contributed by atoms with E-state index in [1.807, 2.05) is 0 Å². The van der Waals surface area contributed by atoms with E-state index in [9.17, 15) is 26.4 Å². The van der Waals surface area contributed by atoms with Crippen LogP contribution in [-0.2, 0) is 19.6 Å². The van der Waals surface area contributed by atoms with Crippen LogP contribution in [0.5, 0.6) is 0 Å². The summed E-state index contributed by atoms with van der Waals surface area (Å²) >= 11 is 0. The van der Waals surface area contributed by atoms with Gasteiger partial charge in [-0.3, -0.25) is 4.79 Å². The molecule has 5 nitrogen and oxygen atoms in total. The van der Waals surface area contributed by atoms with Crippen LogP contribution in [0.1, 0.15) is 32.6 Å². The Hall–Kier alpha value is -0.830. The summed E-state index contributed by atoms with van der Waals surface area (Å²) in [5.74, 6) is -1.51. The summed E-state index contributed by atoms with van der Waals surface area (Å²) in [7, 11) is -5.44. The smallest absolute Gasteiger partial charge is 0.466 e. The number of hydrogen-bond donors (Lipinski definition) is 1. The van der Waals surface area contributed by atoms with Crippen molar-refractivity contribution in [3.63, 3.8) is 0 Å². The number of carbonyl (C=O) groups is 1. The molecule has 0 aromatic heterocycles. The van der Waals surface area contributed by atoms with Crippen LogP contribution < -0.4 is 4.72 Å². The molecule has 0 heterocycles. The van der Waals surface area contributed by atoms with E-state index < -0.39 is 33.5 Å².